The van der Waals surface area contributed by atoms with E-state index in [1.54, 1.807) is 31.4 Å². The van der Waals surface area contributed by atoms with Crippen molar-refractivity contribution >= 4 is 33.0 Å². The minimum atomic E-state index is -0.621. The van der Waals surface area contributed by atoms with E-state index in [0.29, 0.717) is 42.1 Å². The third kappa shape index (κ3) is 7.49. The summed E-state index contributed by atoms with van der Waals surface area (Å²) in [5.74, 6) is 1.53. The molecule has 0 saturated carbocycles. The molecule has 41 heavy (non-hydrogen) atoms. The van der Waals surface area contributed by atoms with Crippen molar-refractivity contribution < 1.29 is 24.5 Å². The molecule has 1 aromatic heterocycles. The number of anilines is 1. The number of aliphatic hydroxyl groups is 1. The number of methoxy groups -OCH3 is 1. The standard InChI is InChI=1S/C32H37N3O5S/c1-39-30-28-4-2-3-5-29(28)41-31(30)32(38)35-18-15-24(16-19-35)34-23-8-6-22(7-9-23)14-17-33-20-26(37)21-40-27-12-10-25(36)11-13-27/h2-13,24,26,33-34,36-37H,14-21H2,1H3/t26-/m0/s1. The van der Waals surface area contributed by atoms with E-state index in [1.165, 1.54) is 16.9 Å². The molecular weight excluding hydrogens is 538 g/mol. The number of benzene rings is 3. The first-order valence-corrected chi connectivity index (χ1v) is 14.8. The van der Waals surface area contributed by atoms with Crippen LogP contribution < -0.4 is 20.1 Å². The Labute approximate surface area is 244 Å². The number of piperidine rings is 1. The second-order valence-corrected chi connectivity index (χ2v) is 11.3. The summed E-state index contributed by atoms with van der Waals surface area (Å²) < 4.78 is 12.2. The molecule has 2 heterocycles. The van der Waals surface area contributed by atoms with Gasteiger partial charge < -0.3 is 35.2 Å². The molecule has 0 spiro atoms. The zero-order valence-electron chi connectivity index (χ0n) is 23.2. The number of carbonyl (C=O) groups excluding carboxylic acids is 1. The van der Waals surface area contributed by atoms with E-state index in [2.05, 4.69) is 34.9 Å². The van der Waals surface area contributed by atoms with Gasteiger partial charge in [-0.05, 0) is 79.9 Å². The number of rotatable bonds is 12. The highest BCUT2D eigenvalue weighted by Gasteiger charge is 2.28. The van der Waals surface area contributed by atoms with Gasteiger partial charge in [-0.15, -0.1) is 11.3 Å². The van der Waals surface area contributed by atoms with Gasteiger partial charge in [-0.1, -0.05) is 24.3 Å². The van der Waals surface area contributed by atoms with Crippen LogP contribution >= 0.6 is 11.3 Å². The van der Waals surface area contributed by atoms with Crippen LogP contribution in [0.3, 0.4) is 0 Å². The van der Waals surface area contributed by atoms with Gasteiger partial charge in [-0.2, -0.15) is 0 Å². The molecule has 0 aliphatic carbocycles. The van der Waals surface area contributed by atoms with Crippen LogP contribution in [0.4, 0.5) is 5.69 Å². The number of carbonyl (C=O) groups is 1. The Morgan fingerprint density at radius 3 is 2.51 bits per heavy atom. The second-order valence-electron chi connectivity index (χ2n) is 10.3. The molecule has 3 aromatic carbocycles. The van der Waals surface area contributed by atoms with Crippen LogP contribution in [0.2, 0.25) is 0 Å². The fourth-order valence-corrected chi connectivity index (χ4v) is 6.17. The Kier molecular flexibility index (Phi) is 9.61. The molecule has 0 bridgehead atoms. The van der Waals surface area contributed by atoms with Gasteiger partial charge in [0.15, 0.2) is 0 Å². The molecule has 9 heteroatoms. The lowest BCUT2D eigenvalue weighted by molar-refractivity contribution is 0.0720. The SMILES string of the molecule is COc1c(C(=O)N2CCC(Nc3ccc(CCNC[C@H](O)COc4ccc(O)cc4)cc3)CC2)sc2ccccc12. The van der Waals surface area contributed by atoms with Crippen LogP contribution in [0.1, 0.15) is 28.1 Å². The van der Waals surface area contributed by atoms with Crippen LogP contribution in [-0.4, -0.2) is 73.1 Å². The summed E-state index contributed by atoms with van der Waals surface area (Å²) in [6.07, 6.45) is 2.02. The largest absolute Gasteiger partial charge is 0.508 e. The van der Waals surface area contributed by atoms with Crippen molar-refractivity contribution in [3.05, 3.63) is 83.2 Å². The minimum absolute atomic E-state index is 0.0526. The number of fused-ring (bicyclic) bond motifs is 1. The van der Waals surface area contributed by atoms with E-state index in [1.807, 2.05) is 29.2 Å². The van der Waals surface area contributed by atoms with Crippen LogP contribution in [0.5, 0.6) is 17.2 Å². The Bertz CT molecular complexity index is 1420. The number of hydrogen-bond acceptors (Lipinski definition) is 8. The second kappa shape index (κ2) is 13.7. The topological polar surface area (TPSA) is 103 Å². The summed E-state index contributed by atoms with van der Waals surface area (Å²) in [4.78, 5) is 15.9. The minimum Gasteiger partial charge on any atom is -0.508 e. The lowest BCUT2D eigenvalue weighted by Gasteiger charge is -2.32. The van der Waals surface area contributed by atoms with E-state index in [9.17, 15) is 15.0 Å². The summed E-state index contributed by atoms with van der Waals surface area (Å²) >= 11 is 1.50. The van der Waals surface area contributed by atoms with Crippen molar-refractivity contribution in [2.45, 2.75) is 31.4 Å². The number of thiophene rings is 1. The average molecular weight is 576 g/mol. The highest BCUT2D eigenvalue weighted by molar-refractivity contribution is 7.21. The van der Waals surface area contributed by atoms with Gasteiger partial charge >= 0.3 is 0 Å². The van der Waals surface area contributed by atoms with E-state index in [4.69, 9.17) is 9.47 Å². The maximum atomic E-state index is 13.3. The molecule has 1 aliphatic rings. The number of likely N-dealkylation sites (tertiary alicyclic amines) is 1. The molecule has 4 aromatic rings. The lowest BCUT2D eigenvalue weighted by Crippen LogP contribution is -2.42. The average Bonchev–Trinajstić information content (AvgIpc) is 3.38. The molecule has 1 amide bonds. The van der Waals surface area contributed by atoms with Gasteiger partial charge in [0.1, 0.15) is 34.8 Å². The van der Waals surface area contributed by atoms with Crippen molar-refractivity contribution in [3.63, 3.8) is 0 Å². The molecule has 0 unspecified atom stereocenters. The molecule has 1 saturated heterocycles. The van der Waals surface area contributed by atoms with E-state index in [0.717, 1.165) is 41.6 Å². The summed E-state index contributed by atoms with van der Waals surface area (Å²) in [5, 5.41) is 27.4. The summed E-state index contributed by atoms with van der Waals surface area (Å²) in [7, 11) is 1.63. The number of aliphatic hydroxyl groups excluding tert-OH is 1. The molecule has 216 valence electrons. The Morgan fingerprint density at radius 2 is 1.78 bits per heavy atom. The first kappa shape index (κ1) is 28.7. The highest BCUT2D eigenvalue weighted by Crippen LogP contribution is 2.38. The normalized spacial score (nSPS) is 14.6. The summed E-state index contributed by atoms with van der Waals surface area (Å²) in [6.45, 7) is 2.80. The number of nitrogens with one attached hydrogen (secondary N) is 2. The van der Waals surface area contributed by atoms with E-state index < -0.39 is 6.10 Å². The zero-order valence-corrected chi connectivity index (χ0v) is 24.0. The maximum absolute atomic E-state index is 13.3. The van der Waals surface area contributed by atoms with Crippen LogP contribution in [-0.2, 0) is 6.42 Å². The number of ether oxygens (including phenoxy) is 2. The highest BCUT2D eigenvalue weighted by atomic mass is 32.1. The summed E-state index contributed by atoms with van der Waals surface area (Å²) in [5.41, 5.74) is 2.30. The monoisotopic (exact) mass is 575 g/mol. The number of nitrogens with zero attached hydrogens (tertiary/aromatic N) is 1. The fraction of sp³-hybridized carbons (Fsp3) is 0.344. The molecule has 8 nitrogen and oxygen atoms in total. The van der Waals surface area contributed by atoms with Crippen LogP contribution in [0.25, 0.3) is 10.1 Å². The van der Waals surface area contributed by atoms with E-state index >= 15 is 0 Å². The van der Waals surface area contributed by atoms with Gasteiger partial charge in [0.2, 0.25) is 0 Å². The molecule has 5 rings (SSSR count). The number of phenols is 1. The van der Waals surface area contributed by atoms with Crippen LogP contribution in [0, 0.1) is 0 Å². The predicted octanol–water partition coefficient (Wildman–Crippen LogP) is 4.90. The van der Waals surface area contributed by atoms with Crippen molar-refractivity contribution in [1.29, 1.82) is 0 Å². The van der Waals surface area contributed by atoms with Crippen molar-refractivity contribution in [2.24, 2.45) is 0 Å². The molecule has 0 radical (unpaired) electrons. The molecular formula is C32H37N3O5S. The number of phenolic OH excluding ortho intramolecular Hbond substituents is 1. The Balaban J connectivity index is 1.01. The Morgan fingerprint density at radius 1 is 1.05 bits per heavy atom. The number of hydrogen-bond donors (Lipinski definition) is 4. The van der Waals surface area contributed by atoms with Gasteiger partial charge in [0.25, 0.3) is 5.91 Å². The predicted molar refractivity (Wildman–Crippen MR) is 164 cm³/mol. The van der Waals surface area contributed by atoms with Gasteiger partial charge in [-0.3, -0.25) is 4.79 Å². The van der Waals surface area contributed by atoms with Crippen molar-refractivity contribution in [1.82, 2.24) is 10.2 Å². The molecule has 1 atom stereocenters. The molecule has 1 fully saturated rings. The van der Waals surface area contributed by atoms with Gasteiger partial charge in [0, 0.05) is 41.4 Å². The fourth-order valence-electron chi connectivity index (χ4n) is 5.03. The quantitative estimate of drug-likeness (QED) is 0.178. The molecule has 1 aliphatic heterocycles. The summed E-state index contributed by atoms with van der Waals surface area (Å²) in [6, 6.07) is 23.2. The van der Waals surface area contributed by atoms with Gasteiger partial charge in [-0.25, -0.2) is 0 Å². The zero-order chi connectivity index (χ0) is 28.6. The maximum Gasteiger partial charge on any atom is 0.267 e. The van der Waals surface area contributed by atoms with Crippen molar-refractivity contribution in [3.8, 4) is 17.2 Å². The Hall–Kier alpha value is -3.79. The number of aromatic hydroxyl groups is 1. The first-order chi connectivity index (χ1) is 20.0. The van der Waals surface area contributed by atoms with Crippen LogP contribution in [0.15, 0.2) is 72.8 Å². The lowest BCUT2D eigenvalue weighted by atomic mass is 10.0. The smallest absolute Gasteiger partial charge is 0.267 e. The number of amides is 1. The van der Waals surface area contributed by atoms with E-state index in [-0.39, 0.29) is 18.3 Å². The third-order valence-corrected chi connectivity index (χ3v) is 8.44. The van der Waals surface area contributed by atoms with Gasteiger partial charge in [0.05, 0.1) is 7.11 Å². The third-order valence-electron chi connectivity index (χ3n) is 7.30. The van der Waals surface area contributed by atoms with Crippen molar-refractivity contribution in [2.75, 3.05) is 45.2 Å². The molecule has 4 N–H and O–H groups in total. The first-order valence-electron chi connectivity index (χ1n) is 14.0.